The molecule has 2 bridgehead atoms. The predicted octanol–water partition coefficient (Wildman–Crippen LogP) is 1.66. The van der Waals surface area contributed by atoms with Gasteiger partial charge >= 0.3 is 0 Å². The van der Waals surface area contributed by atoms with Crippen LogP contribution in [-0.2, 0) is 15.0 Å². The van der Waals surface area contributed by atoms with Gasteiger partial charge in [0.15, 0.2) is 0 Å². The number of nitrogens with zero attached hydrogens (tertiary/aromatic N) is 2. The maximum absolute atomic E-state index is 14.0. The number of benzene rings is 2. The maximum atomic E-state index is 14.0. The van der Waals surface area contributed by atoms with Crippen molar-refractivity contribution in [1.82, 2.24) is 14.8 Å². The molecule has 0 unspecified atom stereocenters. The molecule has 4 saturated heterocycles. The van der Waals surface area contributed by atoms with Crippen LogP contribution in [0.3, 0.4) is 0 Å². The minimum Gasteiger partial charge on any atom is -0.392 e. The molecule has 8 rings (SSSR count). The molecule has 5 atom stereocenters. The lowest BCUT2D eigenvalue weighted by molar-refractivity contribution is -0.169. The highest BCUT2D eigenvalue weighted by atomic mass is 33.1. The van der Waals surface area contributed by atoms with E-state index >= 15 is 0 Å². The van der Waals surface area contributed by atoms with Crippen molar-refractivity contribution in [1.29, 1.82) is 0 Å². The van der Waals surface area contributed by atoms with Crippen LogP contribution >= 0.6 is 21.6 Å². The molecule has 3 aromatic rings. The molecular weight excluding hydrogens is 460 g/mol. The molecule has 168 valence electrons. The van der Waals surface area contributed by atoms with Gasteiger partial charge in [-0.3, -0.25) is 14.5 Å². The summed E-state index contributed by atoms with van der Waals surface area (Å²) in [7, 11) is 3.87. The van der Waals surface area contributed by atoms with Crippen molar-refractivity contribution >= 4 is 50.0 Å². The predicted molar refractivity (Wildman–Crippen MR) is 126 cm³/mol. The summed E-state index contributed by atoms with van der Waals surface area (Å²) in [6.07, 6.45) is -0.0582. The molecule has 0 saturated carbocycles. The number of aromatic nitrogens is 1. The summed E-state index contributed by atoms with van der Waals surface area (Å²) in [4.78, 5) is 31.0. The number of likely N-dealkylation sites (N-methyl/N-ethyl adjacent to an activating group) is 1. The number of aliphatic hydroxyl groups is 2. The molecule has 6 heterocycles. The van der Waals surface area contributed by atoms with Crippen LogP contribution in [0, 0.1) is 0 Å². The molecule has 1 aromatic heterocycles. The number of rotatable bonds is 2. The van der Waals surface area contributed by atoms with Crippen LogP contribution in [0.1, 0.15) is 11.1 Å². The van der Waals surface area contributed by atoms with E-state index in [1.54, 1.807) is 0 Å². The quantitative estimate of drug-likeness (QED) is 0.413. The van der Waals surface area contributed by atoms with Crippen LogP contribution in [0.25, 0.3) is 10.9 Å². The molecule has 2 amide bonds. The molecule has 33 heavy (non-hydrogen) atoms. The minimum atomic E-state index is -1.52. The second-order valence-corrected chi connectivity index (χ2v) is 11.6. The van der Waals surface area contributed by atoms with Crippen LogP contribution in [0.5, 0.6) is 0 Å². The van der Waals surface area contributed by atoms with Gasteiger partial charge in [0, 0.05) is 29.8 Å². The Morgan fingerprint density at radius 2 is 1.79 bits per heavy atom. The third kappa shape index (κ3) is 1.87. The molecule has 8 nitrogen and oxygen atoms in total. The summed E-state index contributed by atoms with van der Waals surface area (Å²) in [6, 6.07) is 15.5. The third-order valence-corrected chi connectivity index (χ3v) is 11.4. The molecule has 5 aliphatic rings. The monoisotopic (exact) mass is 480 g/mol. The number of para-hydroxylation sites is 2. The van der Waals surface area contributed by atoms with E-state index in [1.807, 2.05) is 54.7 Å². The largest absolute Gasteiger partial charge is 0.392 e. The Morgan fingerprint density at radius 3 is 2.61 bits per heavy atom. The number of nitrogens with one attached hydrogen (secondary N) is 2. The van der Waals surface area contributed by atoms with Crippen molar-refractivity contribution in [3.8, 4) is 0 Å². The van der Waals surface area contributed by atoms with Gasteiger partial charge in [0.05, 0.1) is 12.0 Å². The van der Waals surface area contributed by atoms with Gasteiger partial charge in [0.25, 0.3) is 11.8 Å². The van der Waals surface area contributed by atoms with E-state index in [-0.39, 0.29) is 11.8 Å². The van der Waals surface area contributed by atoms with Crippen LogP contribution in [0.2, 0.25) is 0 Å². The van der Waals surface area contributed by atoms with Gasteiger partial charge in [-0.25, -0.2) is 0 Å². The summed E-state index contributed by atoms with van der Waals surface area (Å²) in [6.45, 7) is -0.506. The zero-order valence-electron chi connectivity index (χ0n) is 17.5. The van der Waals surface area contributed by atoms with Gasteiger partial charge < -0.3 is 25.4 Å². The van der Waals surface area contributed by atoms with Crippen LogP contribution < -0.4 is 5.32 Å². The van der Waals surface area contributed by atoms with Crippen LogP contribution in [-0.4, -0.2) is 72.5 Å². The number of hydrogen-bond donors (Lipinski definition) is 4. The number of amides is 2. The number of anilines is 1. The molecule has 1 spiro atoms. The summed E-state index contributed by atoms with van der Waals surface area (Å²) < 4.78 is 0. The first-order valence-electron chi connectivity index (χ1n) is 10.6. The number of piperazine rings is 1. The van der Waals surface area contributed by atoms with Gasteiger partial charge in [0.1, 0.15) is 12.3 Å². The fourth-order valence-electron chi connectivity index (χ4n) is 6.20. The number of H-pyrrole nitrogens is 1. The number of carbonyl (C=O) groups is 2. The lowest BCUT2D eigenvalue weighted by Gasteiger charge is -2.58. The van der Waals surface area contributed by atoms with E-state index in [1.165, 1.54) is 27.6 Å². The van der Waals surface area contributed by atoms with Crippen molar-refractivity contribution in [2.24, 2.45) is 0 Å². The number of carbonyl (C=O) groups excluding carboxylic acids is 2. The molecular formula is C23H20N4O4S2. The highest BCUT2D eigenvalue weighted by molar-refractivity contribution is 8.78. The molecule has 5 aliphatic heterocycles. The van der Waals surface area contributed by atoms with Crippen molar-refractivity contribution < 1.29 is 19.8 Å². The Morgan fingerprint density at radius 1 is 1.03 bits per heavy atom. The molecule has 4 N–H and O–H groups in total. The lowest BCUT2D eigenvalue weighted by Crippen LogP contribution is -2.79. The first-order valence-corrected chi connectivity index (χ1v) is 12.8. The maximum Gasteiger partial charge on any atom is 0.265 e. The highest BCUT2D eigenvalue weighted by Gasteiger charge is 2.82. The highest BCUT2D eigenvalue weighted by Crippen LogP contribution is 2.69. The van der Waals surface area contributed by atoms with Gasteiger partial charge in [-0.1, -0.05) is 36.4 Å². The zero-order valence-corrected chi connectivity index (χ0v) is 19.1. The SMILES string of the molecule is CN1C(=O)[C@]23SS[C@]1(CO)C(=O)N2[C@@H]1Nc2ccccc2[C@]1(c1c[nH]c2ccccc12)[C@H]3O. The first-order chi connectivity index (χ1) is 15.9. The average molecular weight is 481 g/mol. The molecule has 2 aromatic carbocycles. The Labute approximate surface area is 196 Å². The standard InChI is InChI=1S/C23H20N4O4S2/c1-26-20(31)23-17(29)22(14-10-24-15-8-4-2-6-12(14)15)13-7-3-5-9-16(13)25-18(22)27(23)19(30)21(26,11-28)32-33-23/h2-10,17-18,24-25,28-29H,11H2,1H3/t17-,18+,21-,22+,23+/m1/s1. The minimum absolute atomic E-state index is 0.373. The van der Waals surface area contributed by atoms with Crippen molar-refractivity contribution in [3.05, 3.63) is 65.9 Å². The van der Waals surface area contributed by atoms with Gasteiger partial charge in [-0.2, -0.15) is 0 Å². The fraction of sp³-hybridized carbons (Fsp3) is 0.304. The van der Waals surface area contributed by atoms with E-state index < -0.39 is 34.0 Å². The van der Waals surface area contributed by atoms with Gasteiger partial charge in [-0.05, 0) is 44.8 Å². The second kappa shape index (κ2) is 6.06. The first kappa shape index (κ1) is 19.8. The summed E-state index contributed by atoms with van der Waals surface area (Å²) in [5.74, 6) is -0.748. The van der Waals surface area contributed by atoms with E-state index in [2.05, 4.69) is 10.3 Å². The van der Waals surface area contributed by atoms with E-state index in [9.17, 15) is 19.8 Å². The Bertz CT molecular complexity index is 1380. The summed E-state index contributed by atoms with van der Waals surface area (Å²) in [5.41, 5.74) is 2.30. The van der Waals surface area contributed by atoms with Crippen LogP contribution in [0.4, 0.5) is 5.69 Å². The Hall–Kier alpha value is -2.66. The van der Waals surface area contributed by atoms with Crippen LogP contribution in [0.15, 0.2) is 54.7 Å². The number of aromatic amines is 1. The van der Waals surface area contributed by atoms with Gasteiger partial charge in [0.2, 0.25) is 9.74 Å². The average Bonchev–Trinajstić information content (AvgIpc) is 3.47. The number of fused-ring (bicyclic) bond motifs is 6. The normalized spacial score (nSPS) is 36.2. The fourth-order valence-corrected chi connectivity index (χ4v) is 9.86. The Kier molecular flexibility index (Phi) is 3.63. The molecule has 0 aliphatic carbocycles. The van der Waals surface area contributed by atoms with Gasteiger partial charge in [-0.15, -0.1) is 0 Å². The van der Waals surface area contributed by atoms with E-state index in [0.29, 0.717) is 0 Å². The number of aliphatic hydroxyl groups excluding tert-OH is 2. The second-order valence-electron chi connectivity index (χ2n) is 8.96. The summed E-state index contributed by atoms with van der Waals surface area (Å²) in [5, 5.41) is 26.9. The van der Waals surface area contributed by atoms with E-state index in [0.717, 1.165) is 38.5 Å². The van der Waals surface area contributed by atoms with Crippen molar-refractivity contribution in [2.45, 2.75) is 27.4 Å². The lowest BCUT2D eigenvalue weighted by atomic mass is 9.70. The topological polar surface area (TPSA) is 109 Å². The molecule has 10 heteroatoms. The van der Waals surface area contributed by atoms with Crippen molar-refractivity contribution in [2.75, 3.05) is 19.0 Å². The third-order valence-electron chi connectivity index (χ3n) is 7.78. The molecule has 4 fully saturated rings. The Balaban J connectivity index is 1.58. The summed E-state index contributed by atoms with van der Waals surface area (Å²) >= 11 is 0. The molecule has 0 radical (unpaired) electrons. The smallest absolute Gasteiger partial charge is 0.265 e. The van der Waals surface area contributed by atoms with Crippen molar-refractivity contribution in [3.63, 3.8) is 0 Å². The zero-order chi connectivity index (χ0) is 22.8. The van der Waals surface area contributed by atoms with E-state index in [4.69, 9.17) is 0 Å². The number of hydrogen-bond acceptors (Lipinski definition) is 7.